The Hall–Kier alpha value is -2.20. The molecule has 1 heterocycles. The van der Waals surface area contributed by atoms with Crippen LogP contribution in [0, 0.1) is 0 Å². The van der Waals surface area contributed by atoms with Crippen LogP contribution < -0.4 is 4.90 Å². The van der Waals surface area contributed by atoms with Crippen molar-refractivity contribution in [3.05, 3.63) is 54.1 Å². The van der Waals surface area contributed by atoms with Crippen LogP contribution in [-0.2, 0) is 0 Å². The molecule has 2 rings (SSSR count). The Labute approximate surface area is 133 Å². The van der Waals surface area contributed by atoms with Crippen molar-refractivity contribution in [2.45, 2.75) is 20.8 Å². The number of aliphatic hydroxyl groups is 1. The van der Waals surface area contributed by atoms with E-state index in [1.54, 1.807) is 6.20 Å². The van der Waals surface area contributed by atoms with Gasteiger partial charge in [0.15, 0.2) is 0 Å². The van der Waals surface area contributed by atoms with E-state index in [1.165, 1.54) is 6.33 Å². The molecule has 0 amide bonds. The van der Waals surface area contributed by atoms with Gasteiger partial charge in [0.1, 0.15) is 6.33 Å². The van der Waals surface area contributed by atoms with E-state index in [-0.39, 0.29) is 6.61 Å². The molecule has 0 saturated heterocycles. The summed E-state index contributed by atoms with van der Waals surface area (Å²) in [6.07, 6.45) is 7.25. The Bertz CT molecular complexity index is 538. The summed E-state index contributed by atoms with van der Waals surface area (Å²) in [6.45, 7) is 7.80. The SMILES string of the molecule is CC.CCN(CCO)c1ccc(/C=C/c2ccncn2)cc1. The molecule has 0 fully saturated rings. The normalized spacial score (nSPS) is 10.2. The molecule has 4 nitrogen and oxygen atoms in total. The maximum atomic E-state index is 9.03. The summed E-state index contributed by atoms with van der Waals surface area (Å²) >= 11 is 0. The molecule has 0 spiro atoms. The van der Waals surface area contributed by atoms with E-state index >= 15 is 0 Å². The van der Waals surface area contributed by atoms with Gasteiger partial charge in [-0.05, 0) is 36.8 Å². The standard InChI is InChI=1S/C16H19N3O.C2H6/c1-2-19(11-12-20)16-7-4-14(5-8-16)3-6-15-9-10-17-13-18-15;1-2/h3-10,13,20H,2,11-12H2,1H3;1-2H3/b6-3+;. The first-order valence-electron chi connectivity index (χ1n) is 7.73. The largest absolute Gasteiger partial charge is 0.395 e. The second-order valence-corrected chi connectivity index (χ2v) is 4.36. The van der Waals surface area contributed by atoms with Gasteiger partial charge in [-0.1, -0.05) is 32.1 Å². The number of likely N-dealkylation sites (N-methyl/N-ethyl adjacent to an activating group) is 1. The highest BCUT2D eigenvalue weighted by Crippen LogP contribution is 2.16. The van der Waals surface area contributed by atoms with E-state index < -0.39 is 0 Å². The van der Waals surface area contributed by atoms with Gasteiger partial charge < -0.3 is 10.0 Å². The highest BCUT2D eigenvalue weighted by Gasteiger charge is 2.02. The summed E-state index contributed by atoms with van der Waals surface area (Å²) in [7, 11) is 0. The average Bonchev–Trinajstić information content (AvgIpc) is 2.61. The fourth-order valence-electron chi connectivity index (χ4n) is 1.97. The lowest BCUT2D eigenvalue weighted by Crippen LogP contribution is -2.25. The van der Waals surface area contributed by atoms with Crippen molar-refractivity contribution in [1.29, 1.82) is 0 Å². The third-order valence-electron chi connectivity index (χ3n) is 3.06. The van der Waals surface area contributed by atoms with Crippen LogP contribution >= 0.6 is 0 Å². The van der Waals surface area contributed by atoms with Crippen molar-refractivity contribution >= 4 is 17.8 Å². The Morgan fingerprint density at radius 2 is 1.82 bits per heavy atom. The van der Waals surface area contributed by atoms with Gasteiger partial charge in [-0.3, -0.25) is 0 Å². The zero-order valence-corrected chi connectivity index (χ0v) is 13.6. The average molecular weight is 299 g/mol. The van der Waals surface area contributed by atoms with Crippen LogP contribution in [0.5, 0.6) is 0 Å². The van der Waals surface area contributed by atoms with Crippen LogP contribution in [0.3, 0.4) is 0 Å². The zero-order valence-electron chi connectivity index (χ0n) is 13.6. The quantitative estimate of drug-likeness (QED) is 0.887. The Kier molecular flexibility index (Phi) is 8.53. The van der Waals surface area contributed by atoms with Crippen molar-refractivity contribution in [3.63, 3.8) is 0 Å². The van der Waals surface area contributed by atoms with Crippen molar-refractivity contribution in [3.8, 4) is 0 Å². The highest BCUT2D eigenvalue weighted by atomic mass is 16.3. The van der Waals surface area contributed by atoms with E-state index in [0.717, 1.165) is 23.5 Å². The number of nitrogens with zero attached hydrogens (tertiary/aromatic N) is 3. The monoisotopic (exact) mass is 299 g/mol. The zero-order chi connectivity index (χ0) is 16.2. The summed E-state index contributed by atoms with van der Waals surface area (Å²) in [5.74, 6) is 0. The third-order valence-corrected chi connectivity index (χ3v) is 3.06. The minimum atomic E-state index is 0.170. The first-order chi connectivity index (χ1) is 10.8. The number of rotatable bonds is 6. The van der Waals surface area contributed by atoms with Gasteiger partial charge >= 0.3 is 0 Å². The molecule has 0 radical (unpaired) electrons. The molecule has 0 bridgehead atoms. The Morgan fingerprint density at radius 1 is 1.09 bits per heavy atom. The number of hydrogen-bond acceptors (Lipinski definition) is 4. The van der Waals surface area contributed by atoms with E-state index in [2.05, 4.69) is 46.1 Å². The molecule has 118 valence electrons. The Balaban J connectivity index is 0.00000116. The minimum Gasteiger partial charge on any atom is -0.395 e. The molecule has 0 aliphatic carbocycles. The van der Waals surface area contributed by atoms with E-state index in [9.17, 15) is 0 Å². The molecule has 1 aromatic heterocycles. The van der Waals surface area contributed by atoms with Gasteiger partial charge in [0.05, 0.1) is 12.3 Å². The molecule has 0 aliphatic rings. The highest BCUT2D eigenvalue weighted by molar-refractivity contribution is 5.68. The van der Waals surface area contributed by atoms with Crippen molar-refractivity contribution in [2.24, 2.45) is 0 Å². The number of anilines is 1. The van der Waals surface area contributed by atoms with Crippen LogP contribution in [0.1, 0.15) is 32.0 Å². The first kappa shape index (κ1) is 17.9. The lowest BCUT2D eigenvalue weighted by atomic mass is 10.1. The molecule has 22 heavy (non-hydrogen) atoms. The fraction of sp³-hybridized carbons (Fsp3) is 0.333. The van der Waals surface area contributed by atoms with Gasteiger partial charge in [-0.2, -0.15) is 0 Å². The van der Waals surface area contributed by atoms with Gasteiger partial charge in [-0.25, -0.2) is 9.97 Å². The lowest BCUT2D eigenvalue weighted by Gasteiger charge is -2.21. The molecular formula is C18H25N3O. The van der Waals surface area contributed by atoms with Gasteiger partial charge in [0.25, 0.3) is 0 Å². The summed E-state index contributed by atoms with van der Waals surface area (Å²) in [5, 5.41) is 9.03. The van der Waals surface area contributed by atoms with Gasteiger partial charge in [-0.15, -0.1) is 0 Å². The second kappa shape index (κ2) is 10.5. The second-order valence-electron chi connectivity index (χ2n) is 4.36. The molecule has 0 unspecified atom stereocenters. The third kappa shape index (κ3) is 5.66. The summed E-state index contributed by atoms with van der Waals surface area (Å²) < 4.78 is 0. The van der Waals surface area contributed by atoms with Gasteiger partial charge in [0.2, 0.25) is 0 Å². The van der Waals surface area contributed by atoms with Crippen LogP contribution in [0.15, 0.2) is 42.9 Å². The van der Waals surface area contributed by atoms with Crippen LogP contribution in [0.4, 0.5) is 5.69 Å². The molecule has 0 atom stereocenters. The molecule has 2 aromatic rings. The van der Waals surface area contributed by atoms with E-state index in [1.807, 2.05) is 32.1 Å². The summed E-state index contributed by atoms with van der Waals surface area (Å²) in [6, 6.07) is 10.1. The van der Waals surface area contributed by atoms with E-state index in [0.29, 0.717) is 6.54 Å². The Morgan fingerprint density at radius 3 is 2.36 bits per heavy atom. The van der Waals surface area contributed by atoms with Crippen molar-refractivity contribution in [2.75, 3.05) is 24.6 Å². The number of aliphatic hydroxyl groups excluding tert-OH is 1. The van der Waals surface area contributed by atoms with Crippen LogP contribution in [-0.4, -0.2) is 34.8 Å². The topological polar surface area (TPSA) is 49.2 Å². The minimum absolute atomic E-state index is 0.170. The van der Waals surface area contributed by atoms with Gasteiger partial charge in [0, 0.05) is 25.0 Å². The number of hydrogen-bond donors (Lipinski definition) is 1. The molecule has 0 saturated carbocycles. The predicted molar refractivity (Wildman–Crippen MR) is 93.7 cm³/mol. The summed E-state index contributed by atoms with van der Waals surface area (Å²) in [5.41, 5.74) is 3.13. The molecule has 1 aromatic carbocycles. The maximum Gasteiger partial charge on any atom is 0.115 e. The fourth-order valence-corrected chi connectivity index (χ4v) is 1.97. The number of aromatic nitrogens is 2. The predicted octanol–water partition coefficient (Wildman–Crippen LogP) is 3.49. The maximum absolute atomic E-state index is 9.03. The molecule has 1 N–H and O–H groups in total. The van der Waals surface area contributed by atoms with Crippen LogP contribution in [0.2, 0.25) is 0 Å². The first-order valence-corrected chi connectivity index (χ1v) is 7.73. The van der Waals surface area contributed by atoms with Crippen molar-refractivity contribution < 1.29 is 5.11 Å². The number of benzene rings is 1. The summed E-state index contributed by atoms with van der Waals surface area (Å²) in [4.78, 5) is 10.2. The van der Waals surface area contributed by atoms with E-state index in [4.69, 9.17) is 5.11 Å². The molecular weight excluding hydrogens is 274 g/mol. The smallest absolute Gasteiger partial charge is 0.115 e. The molecule has 4 heteroatoms. The van der Waals surface area contributed by atoms with Crippen LogP contribution in [0.25, 0.3) is 12.2 Å². The van der Waals surface area contributed by atoms with Crippen molar-refractivity contribution in [1.82, 2.24) is 9.97 Å². The molecule has 0 aliphatic heterocycles. The lowest BCUT2D eigenvalue weighted by molar-refractivity contribution is 0.302.